The molecule has 0 unspecified atom stereocenters. The molecule has 0 spiro atoms. The molecular weight excluding hydrogens is 280 g/mol. The lowest BCUT2D eigenvalue weighted by Crippen LogP contribution is -1.99. The summed E-state index contributed by atoms with van der Waals surface area (Å²) in [7, 11) is 0. The number of aliphatic hydroxyl groups excluding tert-OH is 1. The van der Waals surface area contributed by atoms with Gasteiger partial charge in [0.1, 0.15) is 5.75 Å². The number of aliphatic hydroxyl groups is 1. The second-order valence-electron chi connectivity index (χ2n) is 4.20. The molecule has 0 aliphatic carbocycles. The maximum absolute atomic E-state index is 8.65. The van der Waals surface area contributed by atoms with Crippen LogP contribution in [0.1, 0.15) is 37.7 Å². The maximum atomic E-state index is 8.65. The highest BCUT2D eigenvalue weighted by Gasteiger charge is 2.01. The number of benzene rings is 1. The van der Waals surface area contributed by atoms with Gasteiger partial charge in [-0.2, -0.15) is 0 Å². The summed E-state index contributed by atoms with van der Waals surface area (Å²) in [5.74, 6) is 0.967. The van der Waals surface area contributed by atoms with Crippen LogP contribution in [0.3, 0.4) is 0 Å². The van der Waals surface area contributed by atoms with Crippen LogP contribution in [-0.4, -0.2) is 18.3 Å². The SMILES string of the molecule is Cc1c(Br)cccc1OCCCCCCCO. The van der Waals surface area contributed by atoms with Gasteiger partial charge in [-0.1, -0.05) is 41.3 Å². The van der Waals surface area contributed by atoms with E-state index in [1.807, 2.05) is 18.2 Å². The molecule has 0 bridgehead atoms. The Hall–Kier alpha value is -0.540. The Kier molecular flexibility index (Phi) is 7.29. The molecule has 1 aromatic carbocycles. The highest BCUT2D eigenvalue weighted by Crippen LogP contribution is 2.25. The highest BCUT2D eigenvalue weighted by atomic mass is 79.9. The van der Waals surface area contributed by atoms with Crippen molar-refractivity contribution in [1.29, 1.82) is 0 Å². The van der Waals surface area contributed by atoms with E-state index < -0.39 is 0 Å². The van der Waals surface area contributed by atoms with E-state index in [1.165, 1.54) is 12.8 Å². The minimum atomic E-state index is 0.313. The molecular formula is C14H21BrO2. The lowest BCUT2D eigenvalue weighted by atomic mass is 10.1. The standard InChI is InChI=1S/C14H21BrO2/c1-12-13(15)8-7-9-14(12)17-11-6-4-2-3-5-10-16/h7-9,16H,2-6,10-11H2,1H3. The average molecular weight is 301 g/mol. The zero-order valence-electron chi connectivity index (χ0n) is 10.4. The molecule has 0 aromatic heterocycles. The minimum Gasteiger partial charge on any atom is -0.493 e. The zero-order valence-corrected chi connectivity index (χ0v) is 12.0. The number of hydrogen-bond acceptors (Lipinski definition) is 2. The van der Waals surface area contributed by atoms with E-state index in [4.69, 9.17) is 9.84 Å². The Morgan fingerprint density at radius 2 is 1.82 bits per heavy atom. The fourth-order valence-corrected chi connectivity index (χ4v) is 2.02. The van der Waals surface area contributed by atoms with E-state index in [0.29, 0.717) is 6.61 Å². The van der Waals surface area contributed by atoms with E-state index >= 15 is 0 Å². The Morgan fingerprint density at radius 1 is 1.12 bits per heavy atom. The van der Waals surface area contributed by atoms with E-state index in [0.717, 1.165) is 41.7 Å². The molecule has 0 aliphatic heterocycles. The predicted octanol–water partition coefficient (Wildman–Crippen LogP) is 4.08. The highest BCUT2D eigenvalue weighted by molar-refractivity contribution is 9.10. The van der Waals surface area contributed by atoms with E-state index in [9.17, 15) is 0 Å². The first-order valence-corrected chi connectivity index (χ1v) is 7.04. The molecule has 0 fully saturated rings. The monoisotopic (exact) mass is 300 g/mol. The first-order chi connectivity index (χ1) is 8.25. The molecule has 96 valence electrons. The maximum Gasteiger partial charge on any atom is 0.123 e. The van der Waals surface area contributed by atoms with Gasteiger partial charge in [0.15, 0.2) is 0 Å². The molecule has 1 N–H and O–H groups in total. The third-order valence-corrected chi connectivity index (χ3v) is 3.64. The predicted molar refractivity (Wildman–Crippen MR) is 74.5 cm³/mol. The summed E-state index contributed by atoms with van der Waals surface area (Å²) in [5.41, 5.74) is 1.16. The molecule has 1 aromatic rings. The first-order valence-electron chi connectivity index (χ1n) is 6.24. The number of unbranched alkanes of at least 4 members (excludes halogenated alkanes) is 4. The van der Waals surface area contributed by atoms with Crippen LogP contribution in [0, 0.1) is 6.92 Å². The van der Waals surface area contributed by atoms with Gasteiger partial charge in [0, 0.05) is 16.6 Å². The van der Waals surface area contributed by atoms with Crippen LogP contribution in [0.2, 0.25) is 0 Å². The molecule has 1 rings (SSSR count). The number of ether oxygens (including phenoxy) is 1. The van der Waals surface area contributed by atoms with Gasteiger partial charge in [0.2, 0.25) is 0 Å². The lowest BCUT2D eigenvalue weighted by Gasteiger charge is -2.09. The van der Waals surface area contributed by atoms with Crippen molar-refractivity contribution in [3.63, 3.8) is 0 Å². The van der Waals surface area contributed by atoms with E-state index in [-0.39, 0.29) is 0 Å². The van der Waals surface area contributed by atoms with Gasteiger partial charge in [0.05, 0.1) is 6.61 Å². The molecule has 0 heterocycles. The van der Waals surface area contributed by atoms with Crippen molar-refractivity contribution in [1.82, 2.24) is 0 Å². The van der Waals surface area contributed by atoms with Gasteiger partial charge >= 0.3 is 0 Å². The van der Waals surface area contributed by atoms with Gasteiger partial charge in [-0.05, 0) is 31.9 Å². The minimum absolute atomic E-state index is 0.313. The van der Waals surface area contributed by atoms with Crippen molar-refractivity contribution in [3.8, 4) is 5.75 Å². The summed E-state index contributed by atoms with van der Waals surface area (Å²) < 4.78 is 6.84. The number of hydrogen-bond donors (Lipinski definition) is 1. The fraction of sp³-hybridized carbons (Fsp3) is 0.571. The third kappa shape index (κ3) is 5.55. The molecule has 0 amide bonds. The number of rotatable bonds is 8. The van der Waals surface area contributed by atoms with Crippen molar-refractivity contribution in [2.75, 3.05) is 13.2 Å². The van der Waals surface area contributed by atoms with Crippen LogP contribution < -0.4 is 4.74 Å². The summed E-state index contributed by atoms with van der Waals surface area (Å²) in [6.45, 7) is 3.14. The van der Waals surface area contributed by atoms with Gasteiger partial charge in [-0.25, -0.2) is 0 Å². The molecule has 3 heteroatoms. The summed E-state index contributed by atoms with van der Waals surface area (Å²) in [5, 5.41) is 8.65. The van der Waals surface area contributed by atoms with Crippen LogP contribution in [0.25, 0.3) is 0 Å². The second-order valence-corrected chi connectivity index (χ2v) is 5.06. The Balaban J connectivity index is 2.16. The normalized spacial score (nSPS) is 10.5. The van der Waals surface area contributed by atoms with Crippen molar-refractivity contribution in [3.05, 3.63) is 28.2 Å². The van der Waals surface area contributed by atoms with Crippen molar-refractivity contribution >= 4 is 15.9 Å². The van der Waals surface area contributed by atoms with Gasteiger partial charge in [-0.15, -0.1) is 0 Å². The smallest absolute Gasteiger partial charge is 0.123 e. The summed E-state index contributed by atoms with van der Waals surface area (Å²) in [4.78, 5) is 0. The van der Waals surface area contributed by atoms with Gasteiger partial charge in [-0.3, -0.25) is 0 Å². The lowest BCUT2D eigenvalue weighted by molar-refractivity contribution is 0.278. The average Bonchev–Trinajstić information content (AvgIpc) is 2.33. The largest absolute Gasteiger partial charge is 0.493 e. The molecule has 0 radical (unpaired) electrons. The Labute approximate surface area is 112 Å². The van der Waals surface area contributed by atoms with Crippen LogP contribution >= 0.6 is 15.9 Å². The van der Waals surface area contributed by atoms with Crippen LogP contribution in [0.4, 0.5) is 0 Å². The van der Waals surface area contributed by atoms with E-state index in [1.54, 1.807) is 0 Å². The van der Waals surface area contributed by atoms with Crippen LogP contribution in [0.15, 0.2) is 22.7 Å². The van der Waals surface area contributed by atoms with Crippen molar-refractivity contribution < 1.29 is 9.84 Å². The molecule has 0 aliphatic rings. The fourth-order valence-electron chi connectivity index (χ4n) is 1.67. The second kappa shape index (κ2) is 8.54. The quantitative estimate of drug-likeness (QED) is 0.733. The molecule has 0 atom stereocenters. The summed E-state index contributed by atoms with van der Waals surface area (Å²) >= 11 is 3.49. The van der Waals surface area contributed by atoms with Crippen LogP contribution in [-0.2, 0) is 0 Å². The molecule has 0 saturated heterocycles. The topological polar surface area (TPSA) is 29.5 Å². The summed E-state index contributed by atoms with van der Waals surface area (Å²) in [6.07, 6.45) is 5.48. The van der Waals surface area contributed by atoms with Gasteiger partial charge < -0.3 is 9.84 Å². The Morgan fingerprint density at radius 3 is 2.59 bits per heavy atom. The number of halogens is 1. The molecule has 17 heavy (non-hydrogen) atoms. The Bertz CT molecular complexity index is 326. The van der Waals surface area contributed by atoms with Crippen molar-refractivity contribution in [2.45, 2.75) is 39.0 Å². The third-order valence-electron chi connectivity index (χ3n) is 2.78. The molecule has 0 saturated carbocycles. The van der Waals surface area contributed by atoms with Crippen LogP contribution in [0.5, 0.6) is 5.75 Å². The van der Waals surface area contributed by atoms with Crippen molar-refractivity contribution in [2.24, 2.45) is 0 Å². The molecule has 2 nitrogen and oxygen atoms in total. The first kappa shape index (κ1) is 14.5. The van der Waals surface area contributed by atoms with Gasteiger partial charge in [0.25, 0.3) is 0 Å². The summed E-state index contributed by atoms with van der Waals surface area (Å²) in [6, 6.07) is 6.02. The van der Waals surface area contributed by atoms with E-state index in [2.05, 4.69) is 22.9 Å². The zero-order chi connectivity index (χ0) is 12.5.